The summed E-state index contributed by atoms with van der Waals surface area (Å²) in [4.78, 5) is 16.8. The Morgan fingerprint density at radius 2 is 2.04 bits per heavy atom. The lowest BCUT2D eigenvalue weighted by molar-refractivity contribution is -0.158. The zero-order valence-electron chi connectivity index (χ0n) is 15.2. The molecule has 1 aromatic rings. The van der Waals surface area contributed by atoms with Crippen LogP contribution in [0.3, 0.4) is 0 Å². The highest BCUT2D eigenvalue weighted by atomic mass is 16.5. The third-order valence-corrected chi connectivity index (χ3v) is 5.59. The maximum absolute atomic E-state index is 12.8. The zero-order valence-corrected chi connectivity index (χ0v) is 15.2. The molecule has 0 aromatic heterocycles. The van der Waals surface area contributed by atoms with E-state index in [1.165, 1.54) is 25.7 Å². The van der Waals surface area contributed by atoms with Crippen molar-refractivity contribution < 1.29 is 14.6 Å². The minimum atomic E-state index is -0.693. The van der Waals surface area contributed by atoms with E-state index in [2.05, 4.69) is 11.9 Å². The summed E-state index contributed by atoms with van der Waals surface area (Å²) in [7, 11) is 2.05. The molecule has 1 amide bonds. The molecule has 2 fully saturated rings. The zero-order chi connectivity index (χ0) is 17.7. The van der Waals surface area contributed by atoms with Gasteiger partial charge >= 0.3 is 0 Å². The van der Waals surface area contributed by atoms with Crippen LogP contribution in [0.4, 0.5) is 0 Å². The summed E-state index contributed by atoms with van der Waals surface area (Å²) in [5.41, 5.74) is 0.426. The molecule has 1 saturated carbocycles. The fourth-order valence-corrected chi connectivity index (χ4v) is 4.07. The van der Waals surface area contributed by atoms with E-state index in [4.69, 9.17) is 4.74 Å². The Bertz CT molecular complexity index is 559. The second-order valence-corrected chi connectivity index (χ2v) is 7.52. The molecule has 1 aliphatic heterocycles. The van der Waals surface area contributed by atoms with E-state index in [1.54, 1.807) is 0 Å². The maximum Gasteiger partial charge on any atom is 0.236 e. The molecule has 1 aromatic carbocycles. The van der Waals surface area contributed by atoms with Crippen molar-refractivity contribution in [3.8, 4) is 0 Å². The van der Waals surface area contributed by atoms with Crippen molar-refractivity contribution in [3.05, 3.63) is 35.9 Å². The lowest BCUT2D eigenvalue weighted by Gasteiger charge is -2.42. The number of likely N-dealkylation sites (N-methyl/N-ethyl adjacent to an activating group) is 1. The van der Waals surface area contributed by atoms with E-state index in [1.807, 2.05) is 35.2 Å². The van der Waals surface area contributed by atoms with E-state index in [-0.39, 0.29) is 12.5 Å². The van der Waals surface area contributed by atoms with Crippen molar-refractivity contribution >= 4 is 5.91 Å². The topological polar surface area (TPSA) is 53.0 Å². The van der Waals surface area contributed by atoms with Gasteiger partial charge in [0.05, 0.1) is 26.3 Å². The number of carbonyl (C=O) groups is 1. The lowest BCUT2D eigenvalue weighted by atomic mass is 9.93. The summed E-state index contributed by atoms with van der Waals surface area (Å²) >= 11 is 0. The number of hydrogen-bond donors (Lipinski definition) is 1. The van der Waals surface area contributed by atoms with E-state index in [0.717, 1.165) is 5.56 Å². The predicted molar refractivity (Wildman–Crippen MR) is 97.4 cm³/mol. The van der Waals surface area contributed by atoms with Crippen LogP contribution in [-0.2, 0) is 16.0 Å². The molecular formula is C20H30N2O3. The van der Waals surface area contributed by atoms with Gasteiger partial charge in [-0.25, -0.2) is 0 Å². The first-order chi connectivity index (χ1) is 12.1. The second kappa shape index (κ2) is 8.30. The molecule has 1 saturated heterocycles. The van der Waals surface area contributed by atoms with Crippen LogP contribution in [0.15, 0.2) is 30.3 Å². The molecule has 0 unspecified atom stereocenters. The number of morpholine rings is 1. The Kier molecular flexibility index (Phi) is 6.10. The van der Waals surface area contributed by atoms with Gasteiger partial charge in [-0.3, -0.25) is 9.69 Å². The standard InChI is InChI=1S/C20H30N2O3/c1-21(18-9-5-6-10-18)14-19(24)22-11-12-25-20(15-22,16-23)13-17-7-3-2-4-8-17/h2-4,7-8,18,23H,5-6,9-16H2,1H3/t20-/m1/s1. The number of nitrogens with zero attached hydrogens (tertiary/aromatic N) is 2. The number of aliphatic hydroxyl groups excluding tert-OH is 1. The first kappa shape index (κ1) is 18.4. The Morgan fingerprint density at radius 1 is 1.32 bits per heavy atom. The molecule has 0 spiro atoms. The van der Waals surface area contributed by atoms with Crippen molar-refractivity contribution in [3.63, 3.8) is 0 Å². The number of hydrogen-bond acceptors (Lipinski definition) is 4. The maximum atomic E-state index is 12.8. The average molecular weight is 346 g/mol. The van der Waals surface area contributed by atoms with Crippen LogP contribution < -0.4 is 0 Å². The van der Waals surface area contributed by atoms with Crippen molar-refractivity contribution in [2.45, 2.75) is 43.7 Å². The van der Waals surface area contributed by atoms with E-state index in [9.17, 15) is 9.90 Å². The number of amides is 1. The molecule has 0 radical (unpaired) electrons. The summed E-state index contributed by atoms with van der Waals surface area (Å²) in [6.07, 6.45) is 5.55. The third kappa shape index (κ3) is 4.60. The normalized spacial score (nSPS) is 24.8. The molecule has 2 aliphatic rings. The van der Waals surface area contributed by atoms with Gasteiger partial charge in [-0.2, -0.15) is 0 Å². The largest absolute Gasteiger partial charge is 0.393 e. The SMILES string of the molecule is CN(CC(=O)N1CCO[C@](CO)(Cc2ccccc2)C1)C1CCCC1. The van der Waals surface area contributed by atoms with Crippen LogP contribution in [0, 0.1) is 0 Å². The van der Waals surface area contributed by atoms with Gasteiger partial charge in [-0.15, -0.1) is 0 Å². The van der Waals surface area contributed by atoms with Crippen LogP contribution >= 0.6 is 0 Å². The highest BCUT2D eigenvalue weighted by molar-refractivity contribution is 5.78. The fourth-order valence-electron chi connectivity index (χ4n) is 4.07. The number of ether oxygens (including phenoxy) is 1. The summed E-state index contributed by atoms with van der Waals surface area (Å²) < 4.78 is 5.95. The molecular weight excluding hydrogens is 316 g/mol. The lowest BCUT2D eigenvalue weighted by Crippen LogP contribution is -2.58. The van der Waals surface area contributed by atoms with E-state index < -0.39 is 5.60 Å². The van der Waals surface area contributed by atoms with Crippen LogP contribution in [0.2, 0.25) is 0 Å². The van der Waals surface area contributed by atoms with Gasteiger partial charge < -0.3 is 14.7 Å². The molecule has 25 heavy (non-hydrogen) atoms. The molecule has 138 valence electrons. The molecule has 5 heteroatoms. The minimum absolute atomic E-state index is 0.0792. The van der Waals surface area contributed by atoms with Crippen LogP contribution in [0.5, 0.6) is 0 Å². The van der Waals surface area contributed by atoms with Gasteiger partial charge in [0.2, 0.25) is 5.91 Å². The first-order valence-electron chi connectivity index (χ1n) is 9.39. The van der Waals surface area contributed by atoms with Gasteiger partial charge in [0.15, 0.2) is 0 Å². The highest BCUT2D eigenvalue weighted by Crippen LogP contribution is 2.25. The van der Waals surface area contributed by atoms with Crippen molar-refractivity contribution in [1.82, 2.24) is 9.80 Å². The van der Waals surface area contributed by atoms with E-state index >= 15 is 0 Å². The Labute approximate surface area is 150 Å². The van der Waals surface area contributed by atoms with Gasteiger partial charge in [0, 0.05) is 19.0 Å². The van der Waals surface area contributed by atoms with E-state index in [0.29, 0.717) is 38.7 Å². The van der Waals surface area contributed by atoms with Gasteiger partial charge in [-0.1, -0.05) is 43.2 Å². The summed E-state index contributed by atoms with van der Waals surface area (Å²) in [5.74, 6) is 0.142. The molecule has 1 N–H and O–H groups in total. The molecule has 1 aliphatic carbocycles. The van der Waals surface area contributed by atoms with Crippen molar-refractivity contribution in [2.75, 3.05) is 39.9 Å². The molecule has 0 bridgehead atoms. The third-order valence-electron chi connectivity index (χ3n) is 5.59. The number of aliphatic hydroxyl groups is 1. The minimum Gasteiger partial charge on any atom is -0.393 e. The Morgan fingerprint density at radius 3 is 2.72 bits per heavy atom. The fraction of sp³-hybridized carbons (Fsp3) is 0.650. The molecule has 3 rings (SSSR count). The Hall–Kier alpha value is -1.43. The van der Waals surface area contributed by atoms with Crippen LogP contribution in [0.1, 0.15) is 31.2 Å². The summed E-state index contributed by atoms with van der Waals surface area (Å²) in [6.45, 7) is 1.91. The van der Waals surface area contributed by atoms with Gasteiger partial charge in [0.25, 0.3) is 0 Å². The Balaban J connectivity index is 1.61. The number of carbonyl (C=O) groups excluding carboxylic acids is 1. The number of benzene rings is 1. The first-order valence-corrected chi connectivity index (χ1v) is 9.39. The predicted octanol–water partition coefficient (Wildman–Crippen LogP) is 1.69. The molecule has 5 nitrogen and oxygen atoms in total. The highest BCUT2D eigenvalue weighted by Gasteiger charge is 2.38. The smallest absolute Gasteiger partial charge is 0.236 e. The number of rotatable bonds is 6. The van der Waals surface area contributed by atoms with Gasteiger partial charge in [0.1, 0.15) is 5.60 Å². The average Bonchev–Trinajstić information content (AvgIpc) is 3.17. The van der Waals surface area contributed by atoms with Crippen molar-refractivity contribution in [2.24, 2.45) is 0 Å². The molecule has 1 atom stereocenters. The summed E-state index contributed by atoms with van der Waals surface area (Å²) in [5, 5.41) is 9.98. The van der Waals surface area contributed by atoms with Gasteiger partial charge in [-0.05, 0) is 25.5 Å². The monoisotopic (exact) mass is 346 g/mol. The quantitative estimate of drug-likeness (QED) is 0.852. The van der Waals surface area contributed by atoms with Crippen LogP contribution in [0.25, 0.3) is 0 Å². The molecule has 1 heterocycles. The van der Waals surface area contributed by atoms with Crippen molar-refractivity contribution in [1.29, 1.82) is 0 Å². The van der Waals surface area contributed by atoms with Crippen LogP contribution in [-0.4, -0.2) is 72.4 Å². The summed E-state index contributed by atoms with van der Waals surface area (Å²) in [6, 6.07) is 10.6. The second-order valence-electron chi connectivity index (χ2n) is 7.52.